The number of pyridine rings is 1. The van der Waals surface area contributed by atoms with Crippen LogP contribution in [0.2, 0.25) is 0 Å². The van der Waals surface area contributed by atoms with Gasteiger partial charge in [-0.3, -0.25) is 4.98 Å². The van der Waals surface area contributed by atoms with Gasteiger partial charge >= 0.3 is 0 Å². The fourth-order valence-electron chi connectivity index (χ4n) is 1.82. The van der Waals surface area contributed by atoms with Crippen LogP contribution in [0.5, 0.6) is 0 Å². The Hall–Kier alpha value is -3.15. The van der Waals surface area contributed by atoms with Gasteiger partial charge in [0, 0.05) is 23.5 Å². The summed E-state index contributed by atoms with van der Waals surface area (Å²) < 4.78 is 5.41. The minimum absolute atomic E-state index is 0.178. The monoisotopic (exact) mass is 294 g/mol. The maximum Gasteiger partial charge on any atom is 0.226 e. The molecule has 0 saturated carbocycles. The minimum atomic E-state index is 0.178. The van der Waals surface area contributed by atoms with Crippen molar-refractivity contribution in [1.29, 1.82) is 0 Å². The van der Waals surface area contributed by atoms with Crippen molar-refractivity contribution in [1.82, 2.24) is 9.97 Å². The van der Waals surface area contributed by atoms with Crippen molar-refractivity contribution >= 4 is 5.84 Å². The highest BCUT2D eigenvalue weighted by Crippen LogP contribution is 2.18. The normalized spacial score (nSPS) is 11.4. The maximum atomic E-state index is 5.80. The lowest BCUT2D eigenvalue weighted by Crippen LogP contribution is -2.14. The highest BCUT2D eigenvalue weighted by atomic mass is 16.6. The zero-order chi connectivity index (χ0) is 15.2. The van der Waals surface area contributed by atoms with E-state index in [4.69, 9.17) is 15.0 Å². The number of hydrogen-bond donors (Lipinski definition) is 1. The van der Waals surface area contributed by atoms with Gasteiger partial charge in [0.2, 0.25) is 5.89 Å². The average molecular weight is 294 g/mol. The Labute approximate surface area is 127 Å². The Kier molecular flexibility index (Phi) is 4.10. The topological polar surface area (TPSA) is 86.5 Å². The van der Waals surface area contributed by atoms with E-state index in [0.29, 0.717) is 17.1 Å². The molecule has 0 aliphatic carbocycles. The molecule has 110 valence electrons. The molecule has 0 unspecified atom stereocenters. The summed E-state index contributed by atoms with van der Waals surface area (Å²) in [7, 11) is 0. The molecule has 3 aromatic rings. The number of nitrogens with zero attached hydrogens (tertiary/aromatic N) is 3. The summed E-state index contributed by atoms with van der Waals surface area (Å²) in [5.41, 5.74) is 8.05. The fourth-order valence-corrected chi connectivity index (χ4v) is 1.82. The van der Waals surface area contributed by atoms with Crippen LogP contribution < -0.4 is 5.73 Å². The van der Waals surface area contributed by atoms with Crippen LogP contribution in [-0.2, 0) is 11.4 Å². The first kappa shape index (κ1) is 13.8. The van der Waals surface area contributed by atoms with E-state index in [2.05, 4.69) is 15.1 Å². The Balaban J connectivity index is 1.62. The SMILES string of the molecule is NC(=NOCc1coc(-c2ccccc2)n1)c1cccnc1. The molecule has 1 aromatic carbocycles. The third-order valence-corrected chi connectivity index (χ3v) is 2.91. The Bertz CT molecular complexity index is 754. The lowest BCUT2D eigenvalue weighted by atomic mass is 10.2. The molecular weight excluding hydrogens is 280 g/mol. The number of aromatic nitrogens is 2. The molecule has 0 amide bonds. The van der Waals surface area contributed by atoms with Gasteiger partial charge in [-0.25, -0.2) is 4.98 Å². The van der Waals surface area contributed by atoms with Crippen LogP contribution in [0.1, 0.15) is 11.3 Å². The van der Waals surface area contributed by atoms with Crippen LogP contribution in [0, 0.1) is 0 Å². The summed E-state index contributed by atoms with van der Waals surface area (Å²) in [6.07, 6.45) is 4.82. The van der Waals surface area contributed by atoms with Gasteiger partial charge < -0.3 is 15.0 Å². The first-order valence-electron chi connectivity index (χ1n) is 6.68. The molecule has 6 heteroatoms. The van der Waals surface area contributed by atoms with E-state index in [0.717, 1.165) is 5.56 Å². The molecule has 0 saturated heterocycles. The van der Waals surface area contributed by atoms with Crippen molar-refractivity contribution in [3.8, 4) is 11.5 Å². The second-order valence-corrected chi connectivity index (χ2v) is 4.50. The number of amidine groups is 1. The number of nitrogens with two attached hydrogens (primary N) is 1. The van der Waals surface area contributed by atoms with Gasteiger partial charge in [0.05, 0.1) is 0 Å². The lowest BCUT2D eigenvalue weighted by Gasteiger charge is -1.99. The van der Waals surface area contributed by atoms with E-state index in [1.807, 2.05) is 30.3 Å². The second-order valence-electron chi connectivity index (χ2n) is 4.50. The number of oxazole rings is 1. The van der Waals surface area contributed by atoms with Gasteiger partial charge in [0.15, 0.2) is 12.4 Å². The van der Waals surface area contributed by atoms with Gasteiger partial charge in [-0.2, -0.15) is 0 Å². The zero-order valence-corrected chi connectivity index (χ0v) is 11.7. The van der Waals surface area contributed by atoms with Crippen molar-refractivity contribution < 1.29 is 9.25 Å². The van der Waals surface area contributed by atoms with Crippen LogP contribution in [0.4, 0.5) is 0 Å². The highest BCUT2D eigenvalue weighted by Gasteiger charge is 2.06. The molecule has 0 spiro atoms. The van der Waals surface area contributed by atoms with Gasteiger partial charge in [0.1, 0.15) is 12.0 Å². The second kappa shape index (κ2) is 6.53. The number of oxime groups is 1. The molecule has 0 radical (unpaired) electrons. The first-order chi connectivity index (χ1) is 10.8. The van der Waals surface area contributed by atoms with Gasteiger partial charge in [0.25, 0.3) is 0 Å². The van der Waals surface area contributed by atoms with Crippen molar-refractivity contribution in [2.24, 2.45) is 10.9 Å². The molecule has 22 heavy (non-hydrogen) atoms. The van der Waals surface area contributed by atoms with Gasteiger partial charge in [-0.1, -0.05) is 23.4 Å². The number of benzene rings is 1. The van der Waals surface area contributed by atoms with Gasteiger partial charge in [-0.15, -0.1) is 0 Å². The van der Waals surface area contributed by atoms with E-state index in [1.165, 1.54) is 6.26 Å². The zero-order valence-electron chi connectivity index (χ0n) is 11.7. The van der Waals surface area contributed by atoms with Crippen LogP contribution in [0.15, 0.2) is 70.7 Å². The first-order valence-corrected chi connectivity index (χ1v) is 6.68. The van der Waals surface area contributed by atoms with Crippen molar-refractivity contribution in [2.75, 3.05) is 0 Å². The van der Waals surface area contributed by atoms with Crippen molar-refractivity contribution in [3.63, 3.8) is 0 Å². The Morgan fingerprint density at radius 1 is 1.18 bits per heavy atom. The Morgan fingerprint density at radius 3 is 2.82 bits per heavy atom. The summed E-state index contributed by atoms with van der Waals surface area (Å²) in [6, 6.07) is 13.2. The quantitative estimate of drug-likeness (QED) is 0.444. The maximum absolute atomic E-state index is 5.80. The van der Waals surface area contributed by atoms with Crippen LogP contribution in [0.25, 0.3) is 11.5 Å². The summed E-state index contributed by atoms with van der Waals surface area (Å²) in [4.78, 5) is 13.5. The van der Waals surface area contributed by atoms with E-state index < -0.39 is 0 Å². The smallest absolute Gasteiger partial charge is 0.226 e. The third-order valence-electron chi connectivity index (χ3n) is 2.91. The molecule has 0 aliphatic rings. The van der Waals surface area contributed by atoms with Crippen LogP contribution in [0.3, 0.4) is 0 Å². The molecular formula is C16H14N4O2. The molecule has 2 N–H and O–H groups in total. The van der Waals surface area contributed by atoms with Crippen molar-refractivity contribution in [3.05, 3.63) is 72.4 Å². The third kappa shape index (κ3) is 3.29. The summed E-state index contributed by atoms with van der Waals surface area (Å²) in [5, 5.41) is 3.84. The summed E-state index contributed by atoms with van der Waals surface area (Å²) in [5.74, 6) is 0.809. The van der Waals surface area contributed by atoms with E-state index >= 15 is 0 Å². The summed E-state index contributed by atoms with van der Waals surface area (Å²) >= 11 is 0. The molecule has 0 fully saturated rings. The Morgan fingerprint density at radius 2 is 2.05 bits per heavy atom. The molecule has 2 heterocycles. The molecule has 2 aromatic heterocycles. The standard InChI is InChI=1S/C16H14N4O2/c17-15(13-7-4-8-18-9-13)20-22-11-14-10-21-16(19-14)12-5-2-1-3-6-12/h1-10H,11H2,(H2,17,20). The predicted octanol–water partition coefficient (Wildman–Crippen LogP) is 2.57. The number of hydrogen-bond acceptors (Lipinski definition) is 5. The van der Waals surface area contributed by atoms with Crippen molar-refractivity contribution in [2.45, 2.75) is 6.61 Å². The van der Waals surface area contributed by atoms with Crippen LogP contribution in [-0.4, -0.2) is 15.8 Å². The van der Waals surface area contributed by atoms with Gasteiger partial charge in [-0.05, 0) is 24.3 Å². The predicted molar refractivity (Wildman–Crippen MR) is 81.7 cm³/mol. The number of rotatable bonds is 5. The van der Waals surface area contributed by atoms with E-state index in [-0.39, 0.29) is 12.4 Å². The molecule has 3 rings (SSSR count). The summed E-state index contributed by atoms with van der Waals surface area (Å²) in [6.45, 7) is 0.178. The van der Waals surface area contributed by atoms with E-state index in [1.54, 1.807) is 24.5 Å². The fraction of sp³-hybridized carbons (Fsp3) is 0.0625. The average Bonchev–Trinajstić information content (AvgIpc) is 3.05. The molecule has 0 aliphatic heterocycles. The molecule has 6 nitrogen and oxygen atoms in total. The molecule has 0 bridgehead atoms. The van der Waals surface area contributed by atoms with E-state index in [9.17, 15) is 0 Å². The van der Waals surface area contributed by atoms with Crippen LogP contribution >= 0.6 is 0 Å². The highest BCUT2D eigenvalue weighted by molar-refractivity contribution is 5.96. The minimum Gasteiger partial charge on any atom is -0.444 e. The largest absolute Gasteiger partial charge is 0.444 e. The lowest BCUT2D eigenvalue weighted by molar-refractivity contribution is 0.127. The molecule has 0 atom stereocenters.